The van der Waals surface area contributed by atoms with Crippen molar-refractivity contribution in [3.8, 4) is 5.88 Å². The second kappa shape index (κ2) is 5.70. The highest BCUT2D eigenvalue weighted by molar-refractivity contribution is 6.31. The van der Waals surface area contributed by atoms with Gasteiger partial charge in [-0.3, -0.25) is 0 Å². The molecule has 5 heteroatoms. The quantitative estimate of drug-likeness (QED) is 0.889. The van der Waals surface area contributed by atoms with Crippen LogP contribution in [-0.2, 0) is 13.2 Å². The van der Waals surface area contributed by atoms with E-state index < -0.39 is 0 Å². The third-order valence-electron chi connectivity index (χ3n) is 2.22. The fourth-order valence-electron chi connectivity index (χ4n) is 1.40. The van der Waals surface area contributed by atoms with Gasteiger partial charge in [-0.25, -0.2) is 4.98 Å². The molecule has 0 aromatic carbocycles. The molecular weight excluding hydrogens is 240 g/mol. The van der Waals surface area contributed by atoms with E-state index in [0.29, 0.717) is 24.1 Å². The Morgan fingerprint density at radius 2 is 2.41 bits per heavy atom. The van der Waals surface area contributed by atoms with Crippen LogP contribution < -0.4 is 10.1 Å². The molecule has 90 valence electrons. The van der Waals surface area contributed by atoms with Gasteiger partial charge in [0.1, 0.15) is 12.4 Å². The van der Waals surface area contributed by atoms with E-state index in [0.717, 1.165) is 11.3 Å². The van der Waals surface area contributed by atoms with Crippen LogP contribution in [-0.4, -0.2) is 12.0 Å². The lowest BCUT2D eigenvalue weighted by molar-refractivity contribution is 0.260. The average Bonchev–Trinajstić information content (AvgIpc) is 2.83. The summed E-state index contributed by atoms with van der Waals surface area (Å²) in [7, 11) is 1.86. The number of pyridine rings is 1. The van der Waals surface area contributed by atoms with E-state index in [4.69, 9.17) is 20.8 Å². The molecule has 0 amide bonds. The summed E-state index contributed by atoms with van der Waals surface area (Å²) in [5.74, 6) is 1.30. The van der Waals surface area contributed by atoms with Crippen LogP contribution in [0.4, 0.5) is 0 Å². The van der Waals surface area contributed by atoms with Crippen molar-refractivity contribution in [1.29, 1.82) is 0 Å². The van der Waals surface area contributed by atoms with E-state index in [-0.39, 0.29) is 0 Å². The molecule has 0 unspecified atom stereocenters. The van der Waals surface area contributed by atoms with E-state index in [2.05, 4.69) is 10.3 Å². The summed E-state index contributed by atoms with van der Waals surface area (Å²) in [6.07, 6.45) is 3.20. The molecule has 2 aromatic rings. The molecular formula is C12H13ClN2O2. The van der Waals surface area contributed by atoms with Gasteiger partial charge in [-0.15, -0.1) is 0 Å². The molecule has 4 nitrogen and oxygen atoms in total. The maximum atomic E-state index is 6.00. The van der Waals surface area contributed by atoms with E-state index in [9.17, 15) is 0 Å². The number of furan rings is 1. The summed E-state index contributed by atoms with van der Waals surface area (Å²) < 4.78 is 10.7. The smallest absolute Gasteiger partial charge is 0.214 e. The van der Waals surface area contributed by atoms with Crippen LogP contribution in [0.5, 0.6) is 5.88 Å². The van der Waals surface area contributed by atoms with Gasteiger partial charge in [-0.05, 0) is 24.7 Å². The Morgan fingerprint density at radius 1 is 1.53 bits per heavy atom. The Hall–Kier alpha value is -1.52. The Bertz CT molecular complexity index is 471. The van der Waals surface area contributed by atoms with Crippen LogP contribution in [0.25, 0.3) is 0 Å². The summed E-state index contributed by atoms with van der Waals surface area (Å²) >= 11 is 6.00. The first-order valence-electron chi connectivity index (χ1n) is 5.24. The molecule has 0 spiro atoms. The lowest BCUT2D eigenvalue weighted by atomic mass is 10.2. The highest BCUT2D eigenvalue weighted by atomic mass is 35.5. The maximum Gasteiger partial charge on any atom is 0.214 e. The third kappa shape index (κ3) is 3.22. The first-order valence-corrected chi connectivity index (χ1v) is 5.61. The molecule has 0 aliphatic heterocycles. The number of nitrogens with one attached hydrogen (secondary N) is 1. The van der Waals surface area contributed by atoms with Gasteiger partial charge in [-0.1, -0.05) is 11.6 Å². The van der Waals surface area contributed by atoms with Crippen LogP contribution >= 0.6 is 11.6 Å². The molecule has 0 saturated heterocycles. The predicted octanol–water partition coefficient (Wildman–Crippen LogP) is 2.63. The Kier molecular flexibility index (Phi) is 4.01. The van der Waals surface area contributed by atoms with Gasteiger partial charge in [0.25, 0.3) is 0 Å². The highest BCUT2D eigenvalue weighted by Crippen LogP contribution is 2.19. The van der Waals surface area contributed by atoms with Gasteiger partial charge in [-0.2, -0.15) is 0 Å². The zero-order valence-corrected chi connectivity index (χ0v) is 10.2. The number of hydrogen-bond acceptors (Lipinski definition) is 4. The van der Waals surface area contributed by atoms with Crippen LogP contribution in [0, 0.1) is 0 Å². The summed E-state index contributed by atoms with van der Waals surface area (Å²) in [4.78, 5) is 4.10. The van der Waals surface area contributed by atoms with Crippen LogP contribution in [0.2, 0.25) is 5.02 Å². The summed E-state index contributed by atoms with van der Waals surface area (Å²) in [5, 5.41) is 3.66. The number of aromatic nitrogens is 1. The molecule has 0 bridgehead atoms. The van der Waals surface area contributed by atoms with E-state index in [1.54, 1.807) is 12.5 Å². The van der Waals surface area contributed by atoms with Crippen molar-refractivity contribution < 1.29 is 9.15 Å². The van der Waals surface area contributed by atoms with Crippen molar-refractivity contribution in [3.63, 3.8) is 0 Å². The van der Waals surface area contributed by atoms with Crippen LogP contribution in [0.15, 0.2) is 35.1 Å². The fourth-order valence-corrected chi connectivity index (χ4v) is 1.57. The third-order valence-corrected chi connectivity index (χ3v) is 2.56. The number of ether oxygens (including phenoxy) is 1. The van der Waals surface area contributed by atoms with E-state index in [1.807, 2.05) is 25.2 Å². The van der Waals surface area contributed by atoms with Gasteiger partial charge in [0.2, 0.25) is 5.88 Å². The van der Waals surface area contributed by atoms with Crippen molar-refractivity contribution >= 4 is 11.6 Å². The zero-order valence-electron chi connectivity index (χ0n) is 9.44. The summed E-state index contributed by atoms with van der Waals surface area (Å²) in [6.45, 7) is 1.04. The molecule has 0 fully saturated rings. The molecule has 17 heavy (non-hydrogen) atoms. The minimum Gasteiger partial charge on any atom is -0.469 e. The minimum atomic E-state index is 0.362. The number of rotatable bonds is 5. The Labute approximate surface area is 105 Å². The molecule has 0 atom stereocenters. The molecule has 0 radical (unpaired) electrons. The van der Waals surface area contributed by atoms with E-state index in [1.165, 1.54) is 0 Å². The molecule has 0 saturated carbocycles. The average molecular weight is 253 g/mol. The van der Waals surface area contributed by atoms with Crippen molar-refractivity contribution in [1.82, 2.24) is 10.3 Å². The summed E-state index contributed by atoms with van der Waals surface area (Å²) in [6, 6.07) is 5.49. The van der Waals surface area contributed by atoms with Crippen LogP contribution in [0.1, 0.15) is 11.3 Å². The Balaban J connectivity index is 2.03. The monoisotopic (exact) mass is 252 g/mol. The highest BCUT2D eigenvalue weighted by Gasteiger charge is 2.04. The number of halogens is 1. The first-order chi connectivity index (χ1) is 8.29. The molecule has 1 N–H and O–H groups in total. The standard InChI is InChI=1S/C12H13ClN2O2/c1-14-6-9-5-12(15-7-11(9)13)17-8-10-3-2-4-16-10/h2-5,7,14H,6,8H2,1H3. The topological polar surface area (TPSA) is 47.3 Å². The van der Waals surface area contributed by atoms with Gasteiger partial charge in [0, 0.05) is 18.8 Å². The largest absolute Gasteiger partial charge is 0.469 e. The molecule has 2 aromatic heterocycles. The second-order valence-electron chi connectivity index (χ2n) is 3.51. The van der Waals surface area contributed by atoms with Gasteiger partial charge in [0.05, 0.1) is 11.3 Å². The molecule has 0 aliphatic rings. The van der Waals surface area contributed by atoms with Crippen molar-refractivity contribution in [2.45, 2.75) is 13.2 Å². The van der Waals surface area contributed by atoms with Crippen molar-refractivity contribution in [2.75, 3.05) is 7.05 Å². The molecule has 2 heterocycles. The van der Waals surface area contributed by atoms with Crippen molar-refractivity contribution in [3.05, 3.63) is 47.0 Å². The maximum absolute atomic E-state index is 6.00. The summed E-state index contributed by atoms with van der Waals surface area (Å²) in [5.41, 5.74) is 0.957. The number of hydrogen-bond donors (Lipinski definition) is 1. The van der Waals surface area contributed by atoms with Gasteiger partial charge < -0.3 is 14.5 Å². The van der Waals surface area contributed by atoms with Crippen molar-refractivity contribution in [2.24, 2.45) is 0 Å². The molecule has 0 aliphatic carbocycles. The lowest BCUT2D eigenvalue weighted by Crippen LogP contribution is -2.06. The second-order valence-corrected chi connectivity index (χ2v) is 3.92. The van der Waals surface area contributed by atoms with Gasteiger partial charge >= 0.3 is 0 Å². The fraction of sp³-hybridized carbons (Fsp3) is 0.250. The first kappa shape index (κ1) is 12.0. The molecule has 2 rings (SSSR count). The predicted molar refractivity (Wildman–Crippen MR) is 65.1 cm³/mol. The minimum absolute atomic E-state index is 0.362. The normalized spacial score (nSPS) is 10.5. The van der Waals surface area contributed by atoms with Crippen LogP contribution in [0.3, 0.4) is 0 Å². The zero-order chi connectivity index (χ0) is 12.1. The SMILES string of the molecule is CNCc1cc(OCc2ccco2)ncc1Cl. The van der Waals surface area contributed by atoms with E-state index >= 15 is 0 Å². The number of nitrogens with zero attached hydrogens (tertiary/aromatic N) is 1. The Morgan fingerprint density at radius 3 is 3.12 bits per heavy atom. The lowest BCUT2D eigenvalue weighted by Gasteiger charge is -2.07. The van der Waals surface area contributed by atoms with Gasteiger partial charge in [0.15, 0.2) is 0 Å².